The quantitative estimate of drug-likeness (QED) is 0.0437. The van der Waals surface area contributed by atoms with Crippen LogP contribution in [0, 0.1) is 0 Å². The minimum atomic E-state index is -5.08. The molecule has 0 fully saturated rings. The molecule has 0 aliphatic carbocycles. The zero-order chi connectivity index (χ0) is 43.1. The molecule has 2 rings (SSSR count). The molecule has 0 saturated carbocycles. The second kappa shape index (κ2) is 25.5. The van der Waals surface area contributed by atoms with Crippen LogP contribution < -0.4 is 38.9 Å². The van der Waals surface area contributed by atoms with Gasteiger partial charge in [0.1, 0.15) is 18.1 Å². The number of guanidine groups is 1. The number of carbonyl (C=O) groups is 6. The van der Waals surface area contributed by atoms with Crippen molar-refractivity contribution in [2.75, 3.05) is 18.6 Å². The molecule has 2 aromatic rings. The molecule has 56 heavy (non-hydrogen) atoms. The molecule has 0 aliphatic rings. The van der Waals surface area contributed by atoms with Crippen LogP contribution in [-0.4, -0.2) is 107 Å². The van der Waals surface area contributed by atoms with Crippen LogP contribution in [0.3, 0.4) is 0 Å². The number of hydrogen-bond donors (Lipinski definition) is 9. The van der Waals surface area contributed by atoms with Gasteiger partial charge < -0.3 is 49.1 Å². The van der Waals surface area contributed by atoms with Crippen LogP contribution in [0.2, 0.25) is 0 Å². The van der Waals surface area contributed by atoms with E-state index in [4.69, 9.17) is 42.7 Å². The topological polar surface area (TPSA) is 295 Å². The molecule has 0 aliphatic heterocycles. The standard InChI is InChI=1S/C29H42N8O4S.2C2HF3O2/c1-42-16-14-23(35-26(39)21(30)17-19-9-4-2-5-10-19)28(41)36-22(13-8-15-34-29(32)33)27(40)37-24(25(31)38)18-20-11-6-3-7-12-20;2*3-2(4,5)1(6)7/h2-7,9-12,21-24H,8,13-18,30H2,1H3,(H2,31,38)(H,35,39)(H,36,41)(H,37,40)(H4,32,33,34);2*(H,6,7)/t21-,22-,23-,24-;;/m0../s1. The van der Waals surface area contributed by atoms with Crippen LogP contribution >= 0.6 is 11.8 Å². The molecule has 0 radical (unpaired) electrons. The summed E-state index contributed by atoms with van der Waals surface area (Å²) in [5.74, 6) is -7.37. The normalized spacial score (nSPS) is 13.0. The van der Waals surface area contributed by atoms with Crippen molar-refractivity contribution in [3.05, 3.63) is 71.8 Å². The van der Waals surface area contributed by atoms with Crippen molar-refractivity contribution in [2.24, 2.45) is 27.9 Å². The summed E-state index contributed by atoms with van der Waals surface area (Å²) in [4.78, 5) is 73.6. The first kappa shape index (κ1) is 50.4. The number of aliphatic carboxylic acids is 2. The van der Waals surface area contributed by atoms with Gasteiger partial charge in [-0.15, -0.1) is 0 Å². The summed E-state index contributed by atoms with van der Waals surface area (Å²) in [6.07, 6.45) is -6.95. The zero-order valence-corrected chi connectivity index (χ0v) is 30.6. The van der Waals surface area contributed by atoms with Crippen LogP contribution in [0.15, 0.2) is 65.7 Å². The van der Waals surface area contributed by atoms with Gasteiger partial charge in [-0.05, 0) is 48.8 Å². The van der Waals surface area contributed by atoms with Crippen molar-refractivity contribution in [3.63, 3.8) is 0 Å². The van der Waals surface area contributed by atoms with Crippen LogP contribution in [0.4, 0.5) is 26.3 Å². The van der Waals surface area contributed by atoms with E-state index in [1.54, 1.807) is 0 Å². The van der Waals surface area contributed by atoms with E-state index in [0.29, 0.717) is 25.0 Å². The first-order chi connectivity index (χ1) is 26.0. The molecule has 0 spiro atoms. The van der Waals surface area contributed by atoms with Crippen LogP contribution in [0.5, 0.6) is 0 Å². The summed E-state index contributed by atoms with van der Waals surface area (Å²) in [6.45, 7) is 0.228. The maximum atomic E-state index is 13.4. The average molecular weight is 827 g/mol. The number of hydrogen-bond acceptors (Lipinski definition) is 9. The minimum Gasteiger partial charge on any atom is -0.475 e. The molecule has 4 amide bonds. The third-order valence-corrected chi connectivity index (χ3v) is 7.53. The van der Waals surface area contributed by atoms with E-state index >= 15 is 0 Å². The molecular formula is C33H44F6N8O8S. The monoisotopic (exact) mass is 826 g/mol. The van der Waals surface area contributed by atoms with Crippen molar-refractivity contribution in [1.82, 2.24) is 16.0 Å². The number of nitrogens with one attached hydrogen (secondary N) is 3. The van der Waals surface area contributed by atoms with Gasteiger partial charge in [-0.3, -0.25) is 24.2 Å². The fourth-order valence-corrected chi connectivity index (χ4v) is 4.60. The fourth-order valence-electron chi connectivity index (χ4n) is 4.13. The van der Waals surface area contributed by atoms with Gasteiger partial charge >= 0.3 is 24.3 Å². The van der Waals surface area contributed by atoms with Gasteiger partial charge in [-0.25, -0.2) is 9.59 Å². The SMILES string of the molecule is CSCC[C@H](NC(=O)[C@@H](N)Cc1ccccc1)C(=O)N[C@@H](CCCN=C(N)N)C(=O)N[C@@H](Cc1ccccc1)C(N)=O.O=C(O)C(F)(F)F.O=C(O)C(F)(F)F. The number of aliphatic imine (C=N–C) groups is 1. The average Bonchev–Trinajstić information content (AvgIpc) is 3.11. The highest BCUT2D eigenvalue weighted by molar-refractivity contribution is 7.98. The Balaban J connectivity index is 0.00000182. The van der Waals surface area contributed by atoms with Gasteiger partial charge in [0.05, 0.1) is 6.04 Å². The van der Waals surface area contributed by atoms with Crippen LogP contribution in [0.1, 0.15) is 30.4 Å². The minimum absolute atomic E-state index is 0.0941. The highest BCUT2D eigenvalue weighted by Crippen LogP contribution is 2.14. The lowest BCUT2D eigenvalue weighted by atomic mass is 10.0. The van der Waals surface area contributed by atoms with Gasteiger partial charge in [0.2, 0.25) is 23.6 Å². The number of carbonyl (C=O) groups excluding carboxylic acids is 4. The lowest BCUT2D eigenvalue weighted by Gasteiger charge is -2.25. The third-order valence-electron chi connectivity index (χ3n) is 6.88. The largest absolute Gasteiger partial charge is 0.490 e. The van der Waals surface area contributed by atoms with Crippen molar-refractivity contribution in [1.29, 1.82) is 0 Å². The molecule has 13 N–H and O–H groups in total. The summed E-state index contributed by atoms with van der Waals surface area (Å²) in [6, 6.07) is 14.6. The summed E-state index contributed by atoms with van der Waals surface area (Å²) in [5.41, 5.74) is 24.2. The second-order valence-electron chi connectivity index (χ2n) is 11.4. The van der Waals surface area contributed by atoms with Crippen LogP contribution in [-0.2, 0) is 41.6 Å². The Kier molecular flexibility index (Phi) is 23.0. The van der Waals surface area contributed by atoms with Gasteiger partial charge in [0.25, 0.3) is 0 Å². The number of rotatable bonds is 18. The van der Waals surface area contributed by atoms with Crippen molar-refractivity contribution >= 4 is 53.3 Å². The summed E-state index contributed by atoms with van der Waals surface area (Å²) in [7, 11) is 0. The number of benzene rings is 2. The molecule has 4 atom stereocenters. The van der Waals surface area contributed by atoms with E-state index in [1.165, 1.54) is 11.8 Å². The third kappa shape index (κ3) is 22.6. The molecule has 23 heteroatoms. The molecule has 312 valence electrons. The number of carboxylic acid groups (broad SMARTS) is 2. The predicted molar refractivity (Wildman–Crippen MR) is 194 cm³/mol. The summed E-state index contributed by atoms with van der Waals surface area (Å²) in [5, 5.41) is 22.4. The Labute approximate surface area is 321 Å². The number of nitrogens with two attached hydrogens (primary N) is 4. The van der Waals surface area contributed by atoms with Gasteiger partial charge in [-0.2, -0.15) is 38.1 Å². The number of primary amides is 1. The lowest BCUT2D eigenvalue weighted by molar-refractivity contribution is -0.193. The molecule has 16 nitrogen and oxygen atoms in total. The van der Waals surface area contributed by atoms with Gasteiger partial charge in [-0.1, -0.05) is 60.7 Å². The Bertz CT molecular complexity index is 1560. The second-order valence-corrected chi connectivity index (χ2v) is 12.4. The Morgan fingerprint density at radius 3 is 1.46 bits per heavy atom. The Morgan fingerprint density at radius 1 is 0.679 bits per heavy atom. The molecule has 2 aromatic carbocycles. The van der Waals surface area contributed by atoms with Crippen molar-refractivity contribution < 1.29 is 65.3 Å². The fraction of sp³-hybridized carbons (Fsp3) is 0.424. The summed E-state index contributed by atoms with van der Waals surface area (Å²) >= 11 is 1.51. The van der Waals surface area contributed by atoms with Gasteiger partial charge in [0.15, 0.2) is 5.96 Å². The number of carboxylic acids is 2. The van der Waals surface area contributed by atoms with Crippen molar-refractivity contribution in [3.8, 4) is 0 Å². The maximum absolute atomic E-state index is 13.4. The molecule has 0 bridgehead atoms. The highest BCUT2D eigenvalue weighted by Gasteiger charge is 2.39. The predicted octanol–water partition coefficient (Wildman–Crippen LogP) is 0.812. The number of halogens is 6. The first-order valence-electron chi connectivity index (χ1n) is 16.2. The Morgan fingerprint density at radius 2 is 1.07 bits per heavy atom. The van der Waals surface area contributed by atoms with E-state index in [1.807, 2.05) is 66.9 Å². The molecular weight excluding hydrogens is 782 g/mol. The number of amides is 4. The number of alkyl halides is 6. The molecule has 0 heterocycles. The van der Waals surface area contributed by atoms with Crippen LogP contribution in [0.25, 0.3) is 0 Å². The molecule has 0 saturated heterocycles. The van der Waals surface area contributed by atoms with E-state index in [9.17, 15) is 45.5 Å². The lowest BCUT2D eigenvalue weighted by Crippen LogP contribution is -2.58. The summed E-state index contributed by atoms with van der Waals surface area (Å²) < 4.78 is 63.5. The zero-order valence-electron chi connectivity index (χ0n) is 29.8. The molecule has 0 aromatic heterocycles. The van der Waals surface area contributed by atoms with Crippen molar-refractivity contribution in [2.45, 2.75) is 68.6 Å². The van der Waals surface area contributed by atoms with E-state index < -0.39 is 72.1 Å². The molecule has 0 unspecified atom stereocenters. The number of nitrogens with zero attached hydrogens (tertiary/aromatic N) is 1. The Hall–Kier alpha value is -5.58. The first-order valence-corrected chi connectivity index (χ1v) is 17.6. The van der Waals surface area contributed by atoms with E-state index in [2.05, 4.69) is 20.9 Å². The highest BCUT2D eigenvalue weighted by atomic mass is 32.2. The van der Waals surface area contributed by atoms with E-state index in [0.717, 1.165) is 11.1 Å². The smallest absolute Gasteiger partial charge is 0.475 e. The van der Waals surface area contributed by atoms with Gasteiger partial charge in [0, 0.05) is 13.0 Å². The number of thioether (sulfide) groups is 1. The van der Waals surface area contributed by atoms with E-state index in [-0.39, 0.29) is 25.3 Å². The maximum Gasteiger partial charge on any atom is 0.490 e.